The molecule has 4 nitrogen and oxygen atoms in total. The molecule has 1 aromatic rings. The third kappa shape index (κ3) is 3.90. The molecule has 1 N–H and O–H groups in total. The van der Waals surface area contributed by atoms with Crippen LogP contribution < -0.4 is 0 Å². The minimum absolute atomic E-state index is 0. The smallest absolute Gasteiger partial charge is 0.303 e. The number of nitrogens with zero attached hydrogens (tertiary/aromatic N) is 2. The molecule has 6 heteroatoms. The van der Waals surface area contributed by atoms with Gasteiger partial charge in [0.15, 0.2) is 0 Å². The molecule has 0 atom stereocenters. The fraction of sp³-hybridized carbons (Fsp3) is 0.400. The molecule has 0 saturated carbocycles. The number of rotatable bonds is 3. The van der Waals surface area contributed by atoms with Gasteiger partial charge < -0.3 is 5.11 Å². The third-order valence-corrected chi connectivity index (χ3v) is 1.72. The van der Waals surface area contributed by atoms with E-state index in [2.05, 4.69) is 10.2 Å². The Balaban J connectivity index is 0.000001000. The van der Waals surface area contributed by atoms with E-state index in [0.717, 1.165) is 5.01 Å². The molecule has 0 unspecified atom stereocenters. The maximum absolute atomic E-state index is 10.1. The van der Waals surface area contributed by atoms with Crippen molar-refractivity contribution >= 4 is 29.7 Å². The van der Waals surface area contributed by atoms with Crippen LogP contribution in [-0.4, -0.2) is 21.3 Å². The van der Waals surface area contributed by atoms with Gasteiger partial charge in [-0.3, -0.25) is 4.79 Å². The fourth-order valence-electron chi connectivity index (χ4n) is 0.519. The predicted octanol–water partition coefficient (Wildman–Crippen LogP) is 0.977. The average Bonchev–Trinajstić information content (AvgIpc) is 2.34. The minimum Gasteiger partial charge on any atom is -0.481 e. The van der Waals surface area contributed by atoms with E-state index in [9.17, 15) is 4.79 Å². The van der Waals surface area contributed by atoms with Crippen LogP contribution in [0.5, 0.6) is 0 Å². The molecule has 0 radical (unpaired) electrons. The van der Waals surface area contributed by atoms with Gasteiger partial charge in [-0.25, -0.2) is 0 Å². The number of aromatic nitrogens is 2. The first-order chi connectivity index (χ1) is 4.79. The van der Waals surface area contributed by atoms with Gasteiger partial charge in [0.2, 0.25) is 0 Å². The summed E-state index contributed by atoms with van der Waals surface area (Å²) in [5.74, 6) is -0.796. The highest BCUT2D eigenvalue weighted by Gasteiger charge is 2.00. The van der Waals surface area contributed by atoms with Gasteiger partial charge in [0.1, 0.15) is 10.5 Å². The predicted molar refractivity (Wildman–Crippen MR) is 43.1 cm³/mol. The molecule has 62 valence electrons. The van der Waals surface area contributed by atoms with Gasteiger partial charge in [0.05, 0.1) is 6.42 Å². The van der Waals surface area contributed by atoms with Crippen molar-refractivity contribution in [3.8, 4) is 0 Å². The van der Waals surface area contributed by atoms with Crippen molar-refractivity contribution in [1.82, 2.24) is 10.2 Å². The van der Waals surface area contributed by atoms with Crippen molar-refractivity contribution in [3.05, 3.63) is 10.5 Å². The lowest BCUT2D eigenvalue weighted by atomic mass is 10.3. The SMILES string of the molecule is Cl.O=C(O)CCc1nncs1. The van der Waals surface area contributed by atoms with Crippen molar-refractivity contribution < 1.29 is 9.90 Å². The number of carboxylic acid groups (broad SMARTS) is 1. The molecule has 0 amide bonds. The van der Waals surface area contributed by atoms with Crippen LogP contribution in [0.15, 0.2) is 5.51 Å². The Morgan fingerprint density at radius 1 is 1.73 bits per heavy atom. The summed E-state index contributed by atoms with van der Waals surface area (Å²) in [5.41, 5.74) is 1.59. The Kier molecular flexibility index (Phi) is 4.72. The van der Waals surface area contributed by atoms with E-state index in [4.69, 9.17) is 5.11 Å². The summed E-state index contributed by atoms with van der Waals surface area (Å²) >= 11 is 1.38. The van der Waals surface area contributed by atoms with E-state index in [0.29, 0.717) is 6.42 Å². The third-order valence-electron chi connectivity index (χ3n) is 0.958. The monoisotopic (exact) mass is 194 g/mol. The Hall–Kier alpha value is -0.680. The zero-order chi connectivity index (χ0) is 7.40. The van der Waals surface area contributed by atoms with E-state index in [1.165, 1.54) is 11.3 Å². The molecule has 0 aliphatic heterocycles. The number of aryl methyl sites for hydroxylation is 1. The molecule has 0 spiro atoms. The van der Waals surface area contributed by atoms with E-state index < -0.39 is 5.97 Å². The summed E-state index contributed by atoms with van der Waals surface area (Å²) in [4.78, 5) is 10.1. The number of aliphatic carboxylic acids is 1. The van der Waals surface area contributed by atoms with Crippen molar-refractivity contribution in [2.75, 3.05) is 0 Å². The van der Waals surface area contributed by atoms with E-state index >= 15 is 0 Å². The number of hydrogen-bond donors (Lipinski definition) is 1. The zero-order valence-corrected chi connectivity index (χ0v) is 7.19. The highest BCUT2D eigenvalue weighted by molar-refractivity contribution is 7.09. The summed E-state index contributed by atoms with van der Waals surface area (Å²) in [6.45, 7) is 0. The summed E-state index contributed by atoms with van der Waals surface area (Å²) < 4.78 is 0. The van der Waals surface area contributed by atoms with Gasteiger partial charge in [-0.2, -0.15) is 0 Å². The van der Waals surface area contributed by atoms with E-state index in [-0.39, 0.29) is 18.8 Å². The summed E-state index contributed by atoms with van der Waals surface area (Å²) in [5, 5.41) is 16.3. The van der Waals surface area contributed by atoms with Crippen LogP contribution in [-0.2, 0) is 11.2 Å². The quantitative estimate of drug-likeness (QED) is 0.779. The van der Waals surface area contributed by atoms with Crippen LogP contribution >= 0.6 is 23.7 Å². The number of hydrogen-bond acceptors (Lipinski definition) is 4. The number of carbonyl (C=O) groups is 1. The fourth-order valence-corrected chi connectivity index (χ4v) is 1.05. The molecule has 0 fully saturated rings. The highest BCUT2D eigenvalue weighted by Crippen LogP contribution is 2.03. The molecule has 11 heavy (non-hydrogen) atoms. The van der Waals surface area contributed by atoms with Crippen LogP contribution in [0.1, 0.15) is 11.4 Å². The highest BCUT2D eigenvalue weighted by atomic mass is 35.5. The van der Waals surface area contributed by atoms with Crippen molar-refractivity contribution in [1.29, 1.82) is 0 Å². The Labute approximate surface area is 73.7 Å². The van der Waals surface area contributed by atoms with E-state index in [1.54, 1.807) is 5.51 Å². The summed E-state index contributed by atoms with van der Waals surface area (Å²) in [6.07, 6.45) is 0.620. The molecular formula is C5H7ClN2O2S. The van der Waals surface area contributed by atoms with Gasteiger partial charge in [-0.1, -0.05) is 0 Å². The summed E-state index contributed by atoms with van der Waals surface area (Å²) in [6, 6.07) is 0. The van der Waals surface area contributed by atoms with Gasteiger partial charge in [-0.05, 0) is 0 Å². The largest absolute Gasteiger partial charge is 0.481 e. The lowest BCUT2D eigenvalue weighted by Crippen LogP contribution is -1.96. The molecule has 0 saturated heterocycles. The molecule has 1 rings (SSSR count). The first-order valence-corrected chi connectivity index (χ1v) is 3.64. The molecule has 1 heterocycles. The van der Waals surface area contributed by atoms with Crippen LogP contribution in [0, 0.1) is 0 Å². The average molecular weight is 195 g/mol. The lowest BCUT2D eigenvalue weighted by Gasteiger charge is -1.87. The molecule has 1 aromatic heterocycles. The van der Waals surface area contributed by atoms with Crippen molar-refractivity contribution in [2.24, 2.45) is 0 Å². The van der Waals surface area contributed by atoms with Crippen molar-refractivity contribution in [3.63, 3.8) is 0 Å². The molecular weight excluding hydrogens is 188 g/mol. The van der Waals surface area contributed by atoms with Crippen molar-refractivity contribution in [2.45, 2.75) is 12.8 Å². The normalized spacial score (nSPS) is 8.73. The van der Waals surface area contributed by atoms with Gasteiger partial charge in [0.25, 0.3) is 0 Å². The van der Waals surface area contributed by atoms with Crippen LogP contribution in [0.2, 0.25) is 0 Å². The van der Waals surface area contributed by atoms with Gasteiger partial charge in [-0.15, -0.1) is 33.9 Å². The maximum atomic E-state index is 10.1. The van der Waals surface area contributed by atoms with Gasteiger partial charge >= 0.3 is 5.97 Å². The Bertz CT molecular complexity index is 214. The van der Waals surface area contributed by atoms with Gasteiger partial charge in [0, 0.05) is 6.42 Å². The molecule has 0 aliphatic rings. The lowest BCUT2D eigenvalue weighted by molar-refractivity contribution is -0.136. The summed E-state index contributed by atoms with van der Waals surface area (Å²) in [7, 11) is 0. The number of carboxylic acids is 1. The zero-order valence-electron chi connectivity index (χ0n) is 5.56. The molecule has 0 aliphatic carbocycles. The van der Waals surface area contributed by atoms with E-state index in [1.807, 2.05) is 0 Å². The Morgan fingerprint density at radius 3 is 2.91 bits per heavy atom. The number of halogens is 1. The van der Waals surface area contributed by atoms with Crippen LogP contribution in [0.25, 0.3) is 0 Å². The standard InChI is InChI=1S/C5H6N2O2S.ClH/c8-5(9)2-1-4-7-6-3-10-4;/h3H,1-2H2,(H,8,9);1H. The second-order valence-corrected chi connectivity index (χ2v) is 2.64. The van der Waals surface area contributed by atoms with Crippen LogP contribution in [0.4, 0.5) is 0 Å². The Morgan fingerprint density at radius 2 is 2.45 bits per heavy atom. The first kappa shape index (κ1) is 10.3. The topological polar surface area (TPSA) is 63.1 Å². The second-order valence-electron chi connectivity index (χ2n) is 1.73. The second kappa shape index (κ2) is 5.03. The minimum atomic E-state index is -0.796. The maximum Gasteiger partial charge on any atom is 0.303 e. The first-order valence-electron chi connectivity index (χ1n) is 2.76. The van der Waals surface area contributed by atoms with Crippen LogP contribution in [0.3, 0.4) is 0 Å². The molecule has 0 aromatic carbocycles. The molecule has 0 bridgehead atoms.